The van der Waals surface area contributed by atoms with Crippen molar-refractivity contribution >= 4 is 32.6 Å². The predicted octanol–water partition coefficient (Wildman–Crippen LogP) is 3.16. The Labute approximate surface area is 129 Å². The zero-order valence-electron chi connectivity index (χ0n) is 10.9. The molecule has 0 saturated carbocycles. The van der Waals surface area contributed by atoms with E-state index in [9.17, 15) is 8.42 Å². The smallest absolute Gasteiger partial charge is 0.207 e. The van der Waals surface area contributed by atoms with E-state index in [2.05, 4.69) is 29.2 Å². The summed E-state index contributed by atoms with van der Waals surface area (Å²) in [4.78, 5) is 0.322. The predicted molar refractivity (Wildman–Crippen MR) is 88.2 cm³/mol. The lowest BCUT2D eigenvalue weighted by Gasteiger charge is -2.19. The molecule has 1 aromatic carbocycles. The first-order chi connectivity index (χ1) is 9.02. The average Bonchev–Trinajstić information content (AvgIpc) is 2.38. The van der Waals surface area contributed by atoms with E-state index in [0.29, 0.717) is 18.0 Å². The molecular weight excluding hydrogens is 373 g/mol. The number of halogens is 1. The van der Waals surface area contributed by atoms with Gasteiger partial charge in [0.25, 0.3) is 0 Å². The summed E-state index contributed by atoms with van der Waals surface area (Å²) in [6.07, 6.45) is 5.41. The van der Waals surface area contributed by atoms with Gasteiger partial charge in [0.05, 0.1) is 4.90 Å². The summed E-state index contributed by atoms with van der Waals surface area (Å²) in [6.45, 7) is 6.22. The maximum absolute atomic E-state index is 12.5. The summed E-state index contributed by atoms with van der Waals surface area (Å²) in [5, 5.41) is 0. The van der Waals surface area contributed by atoms with Crippen LogP contribution in [-0.2, 0) is 10.0 Å². The van der Waals surface area contributed by atoms with Crippen LogP contribution in [0.5, 0.6) is 0 Å². The Morgan fingerprint density at radius 1 is 1.21 bits per heavy atom. The standard InChI is InChI=1S/C14H18INO2S/c1-3-11-16(12-5-4-10-15)19(17,18)14-8-6-13(2)7-9-14/h3-9H,1,10-12H2,2H3. The van der Waals surface area contributed by atoms with Gasteiger partial charge in [-0.15, -0.1) is 6.58 Å². The fraction of sp³-hybridized carbons (Fsp3) is 0.286. The first-order valence-electron chi connectivity index (χ1n) is 5.91. The van der Waals surface area contributed by atoms with Gasteiger partial charge in [-0.25, -0.2) is 8.42 Å². The highest BCUT2D eigenvalue weighted by Gasteiger charge is 2.21. The Balaban J connectivity index is 3.01. The summed E-state index contributed by atoms with van der Waals surface area (Å²) < 4.78 is 27.2. The van der Waals surface area contributed by atoms with Crippen molar-refractivity contribution in [3.05, 3.63) is 54.6 Å². The first-order valence-corrected chi connectivity index (χ1v) is 8.87. The fourth-order valence-corrected chi connectivity index (χ4v) is 3.25. The van der Waals surface area contributed by atoms with E-state index in [-0.39, 0.29) is 0 Å². The van der Waals surface area contributed by atoms with Crippen LogP contribution in [0.15, 0.2) is 54.0 Å². The first kappa shape index (κ1) is 16.4. The Kier molecular flexibility index (Phi) is 6.74. The molecule has 0 aliphatic heterocycles. The third-order valence-corrected chi connectivity index (χ3v) is 4.91. The van der Waals surface area contributed by atoms with Crippen LogP contribution in [0.4, 0.5) is 0 Å². The van der Waals surface area contributed by atoms with Crippen LogP contribution in [0.25, 0.3) is 0 Å². The molecule has 0 atom stereocenters. The molecule has 0 spiro atoms. The second-order valence-electron chi connectivity index (χ2n) is 4.05. The number of hydrogen-bond donors (Lipinski definition) is 0. The Morgan fingerprint density at radius 2 is 1.84 bits per heavy atom. The summed E-state index contributed by atoms with van der Waals surface area (Å²) in [5.74, 6) is 0. The van der Waals surface area contributed by atoms with E-state index in [1.807, 2.05) is 19.1 Å². The minimum atomic E-state index is -3.45. The molecule has 0 aliphatic carbocycles. The monoisotopic (exact) mass is 391 g/mol. The lowest BCUT2D eigenvalue weighted by atomic mass is 10.2. The molecule has 0 heterocycles. The van der Waals surface area contributed by atoms with Crippen molar-refractivity contribution in [2.75, 3.05) is 17.5 Å². The Hall–Kier alpha value is -0.660. The maximum atomic E-state index is 12.5. The molecule has 0 aromatic heterocycles. The largest absolute Gasteiger partial charge is 0.243 e. The van der Waals surface area contributed by atoms with E-state index in [0.717, 1.165) is 9.99 Å². The topological polar surface area (TPSA) is 37.4 Å². The van der Waals surface area contributed by atoms with Gasteiger partial charge in [-0.3, -0.25) is 0 Å². The number of nitrogens with zero attached hydrogens (tertiary/aromatic N) is 1. The highest BCUT2D eigenvalue weighted by molar-refractivity contribution is 14.1. The number of sulfonamides is 1. The number of rotatable bonds is 7. The molecule has 5 heteroatoms. The minimum absolute atomic E-state index is 0.307. The Bertz CT molecular complexity index is 535. The van der Waals surface area contributed by atoms with Gasteiger partial charge in [0.1, 0.15) is 0 Å². The molecule has 0 bridgehead atoms. The molecule has 0 unspecified atom stereocenters. The molecule has 0 N–H and O–H groups in total. The third-order valence-electron chi connectivity index (χ3n) is 2.56. The van der Waals surface area contributed by atoms with E-state index < -0.39 is 10.0 Å². The molecule has 0 aliphatic rings. The number of hydrogen-bond acceptors (Lipinski definition) is 2. The van der Waals surface area contributed by atoms with E-state index in [1.165, 1.54) is 4.31 Å². The van der Waals surface area contributed by atoms with Crippen molar-refractivity contribution in [1.82, 2.24) is 4.31 Å². The van der Waals surface area contributed by atoms with Gasteiger partial charge < -0.3 is 0 Å². The molecular formula is C14H18INO2S. The SMILES string of the molecule is C=CCN(CC=CCI)S(=O)(=O)c1ccc(C)cc1. The van der Waals surface area contributed by atoms with Crippen LogP contribution in [0, 0.1) is 6.92 Å². The summed E-state index contributed by atoms with van der Waals surface area (Å²) >= 11 is 2.22. The van der Waals surface area contributed by atoms with Gasteiger partial charge >= 0.3 is 0 Å². The van der Waals surface area contributed by atoms with E-state index >= 15 is 0 Å². The minimum Gasteiger partial charge on any atom is -0.207 e. The number of alkyl halides is 1. The average molecular weight is 391 g/mol. The van der Waals surface area contributed by atoms with Crippen molar-refractivity contribution < 1.29 is 8.42 Å². The Morgan fingerprint density at radius 3 is 2.37 bits per heavy atom. The van der Waals surface area contributed by atoms with E-state index in [4.69, 9.17) is 0 Å². The van der Waals surface area contributed by atoms with Gasteiger partial charge in [0.15, 0.2) is 0 Å². The summed E-state index contributed by atoms with van der Waals surface area (Å²) in [5.41, 5.74) is 1.04. The second-order valence-corrected chi connectivity index (χ2v) is 6.87. The zero-order valence-corrected chi connectivity index (χ0v) is 13.9. The number of benzene rings is 1. The van der Waals surface area contributed by atoms with E-state index in [1.54, 1.807) is 30.3 Å². The number of aryl methyl sites for hydroxylation is 1. The quantitative estimate of drug-likeness (QED) is 0.407. The van der Waals surface area contributed by atoms with Crippen LogP contribution in [-0.4, -0.2) is 30.2 Å². The fourth-order valence-electron chi connectivity index (χ4n) is 1.53. The molecule has 0 radical (unpaired) electrons. The molecule has 0 fully saturated rings. The third kappa shape index (κ3) is 4.74. The summed E-state index contributed by atoms with van der Waals surface area (Å²) in [7, 11) is -3.45. The van der Waals surface area contributed by atoms with Crippen molar-refractivity contribution in [2.24, 2.45) is 0 Å². The molecule has 104 valence electrons. The van der Waals surface area contributed by atoms with Crippen LogP contribution >= 0.6 is 22.6 Å². The highest BCUT2D eigenvalue weighted by Crippen LogP contribution is 2.16. The van der Waals surface area contributed by atoms with Crippen LogP contribution < -0.4 is 0 Å². The molecule has 1 aromatic rings. The molecule has 0 saturated heterocycles. The number of allylic oxidation sites excluding steroid dienone is 1. The summed E-state index contributed by atoms with van der Waals surface area (Å²) in [6, 6.07) is 6.89. The van der Waals surface area contributed by atoms with Crippen molar-refractivity contribution in [3.63, 3.8) is 0 Å². The van der Waals surface area contributed by atoms with Gasteiger partial charge in [-0.2, -0.15) is 4.31 Å². The normalized spacial score (nSPS) is 12.2. The molecule has 0 amide bonds. The molecule has 1 rings (SSSR count). The molecule has 3 nitrogen and oxygen atoms in total. The lowest BCUT2D eigenvalue weighted by molar-refractivity contribution is 0.474. The van der Waals surface area contributed by atoms with Crippen molar-refractivity contribution in [1.29, 1.82) is 0 Å². The molecule has 19 heavy (non-hydrogen) atoms. The van der Waals surface area contributed by atoms with Crippen LogP contribution in [0.1, 0.15) is 5.56 Å². The second kappa shape index (κ2) is 7.81. The lowest BCUT2D eigenvalue weighted by Crippen LogP contribution is -2.31. The van der Waals surface area contributed by atoms with Gasteiger partial charge in [0, 0.05) is 17.5 Å². The van der Waals surface area contributed by atoms with Gasteiger partial charge in [-0.05, 0) is 19.1 Å². The van der Waals surface area contributed by atoms with Crippen molar-refractivity contribution in [3.8, 4) is 0 Å². The maximum Gasteiger partial charge on any atom is 0.243 e. The highest BCUT2D eigenvalue weighted by atomic mass is 127. The zero-order chi connectivity index (χ0) is 14.3. The van der Waals surface area contributed by atoms with Crippen LogP contribution in [0.2, 0.25) is 0 Å². The van der Waals surface area contributed by atoms with Crippen LogP contribution in [0.3, 0.4) is 0 Å². The van der Waals surface area contributed by atoms with Gasteiger partial charge in [-0.1, -0.05) is 58.5 Å². The van der Waals surface area contributed by atoms with Gasteiger partial charge in [0.2, 0.25) is 10.0 Å². The van der Waals surface area contributed by atoms with Crippen molar-refractivity contribution in [2.45, 2.75) is 11.8 Å².